The van der Waals surface area contributed by atoms with Crippen LogP contribution in [0.15, 0.2) is 41.6 Å². The van der Waals surface area contributed by atoms with Gasteiger partial charge in [0.2, 0.25) is 0 Å². The molecule has 0 aliphatic heterocycles. The molecule has 0 bridgehead atoms. The van der Waals surface area contributed by atoms with Gasteiger partial charge in [-0.25, -0.2) is 9.37 Å². The van der Waals surface area contributed by atoms with Gasteiger partial charge >= 0.3 is 0 Å². The van der Waals surface area contributed by atoms with Gasteiger partial charge in [-0.1, -0.05) is 6.07 Å². The summed E-state index contributed by atoms with van der Waals surface area (Å²) in [6, 6.07) is 6.82. The molecule has 7 heteroatoms. The SMILES string of the molecule is Cc1ccc(F)cc1NC(=O)c1cccnc1SC(F)F. The molecule has 21 heavy (non-hydrogen) atoms. The minimum absolute atomic E-state index is 0.0199. The van der Waals surface area contributed by atoms with Crippen LogP contribution in [-0.2, 0) is 0 Å². The van der Waals surface area contributed by atoms with Gasteiger partial charge in [-0.3, -0.25) is 4.79 Å². The fourth-order valence-corrected chi connectivity index (χ4v) is 2.24. The molecule has 0 aliphatic rings. The van der Waals surface area contributed by atoms with Gasteiger partial charge in [-0.05, 0) is 48.5 Å². The summed E-state index contributed by atoms with van der Waals surface area (Å²) in [4.78, 5) is 15.9. The number of pyridine rings is 1. The Kier molecular flexibility index (Phi) is 4.85. The maximum absolute atomic E-state index is 13.2. The number of amides is 1. The van der Waals surface area contributed by atoms with Crippen LogP contribution in [0.2, 0.25) is 0 Å². The molecule has 1 aromatic carbocycles. The summed E-state index contributed by atoms with van der Waals surface area (Å²) in [7, 11) is 0. The third-order valence-electron chi connectivity index (χ3n) is 2.66. The summed E-state index contributed by atoms with van der Waals surface area (Å²) < 4.78 is 38.1. The molecule has 0 spiro atoms. The zero-order valence-electron chi connectivity index (χ0n) is 10.9. The minimum atomic E-state index is -2.68. The van der Waals surface area contributed by atoms with Crippen molar-refractivity contribution < 1.29 is 18.0 Å². The maximum atomic E-state index is 13.2. The highest BCUT2D eigenvalue weighted by atomic mass is 32.2. The largest absolute Gasteiger partial charge is 0.322 e. The van der Waals surface area contributed by atoms with Gasteiger partial charge in [0.15, 0.2) is 0 Å². The summed E-state index contributed by atoms with van der Waals surface area (Å²) >= 11 is 0.192. The highest BCUT2D eigenvalue weighted by Gasteiger charge is 2.17. The zero-order valence-corrected chi connectivity index (χ0v) is 11.8. The molecule has 2 rings (SSSR count). The molecule has 110 valence electrons. The quantitative estimate of drug-likeness (QED) is 0.864. The Morgan fingerprint density at radius 1 is 1.33 bits per heavy atom. The molecule has 1 amide bonds. The second kappa shape index (κ2) is 6.62. The van der Waals surface area contributed by atoms with Gasteiger partial charge < -0.3 is 5.32 Å². The van der Waals surface area contributed by atoms with E-state index in [2.05, 4.69) is 10.3 Å². The lowest BCUT2D eigenvalue weighted by atomic mass is 10.2. The molecule has 0 fully saturated rings. The number of thioether (sulfide) groups is 1. The van der Waals surface area contributed by atoms with Crippen LogP contribution in [-0.4, -0.2) is 16.6 Å². The molecular weight excluding hydrogens is 301 g/mol. The third-order valence-corrected chi connectivity index (χ3v) is 3.39. The van der Waals surface area contributed by atoms with Crippen LogP contribution in [0.5, 0.6) is 0 Å². The van der Waals surface area contributed by atoms with Crippen molar-refractivity contribution in [3.8, 4) is 0 Å². The Labute approximate surface area is 123 Å². The van der Waals surface area contributed by atoms with Gasteiger partial charge in [-0.15, -0.1) is 0 Å². The molecule has 0 unspecified atom stereocenters. The average molecular weight is 312 g/mol. The number of benzene rings is 1. The predicted octanol–water partition coefficient (Wildman–Crippen LogP) is 4.10. The Morgan fingerprint density at radius 2 is 2.10 bits per heavy atom. The number of halogens is 3. The van der Waals surface area contributed by atoms with E-state index in [1.807, 2.05) is 0 Å². The Hall–Kier alpha value is -2.02. The maximum Gasteiger partial charge on any atom is 0.290 e. The average Bonchev–Trinajstić information content (AvgIpc) is 2.42. The number of anilines is 1. The van der Waals surface area contributed by atoms with Crippen molar-refractivity contribution in [3.05, 3.63) is 53.5 Å². The minimum Gasteiger partial charge on any atom is -0.322 e. The topological polar surface area (TPSA) is 42.0 Å². The first-order valence-electron chi connectivity index (χ1n) is 5.94. The number of hydrogen-bond donors (Lipinski definition) is 1. The highest BCUT2D eigenvalue weighted by Crippen LogP contribution is 2.27. The smallest absolute Gasteiger partial charge is 0.290 e. The number of nitrogens with zero attached hydrogens (tertiary/aromatic N) is 1. The van der Waals surface area contributed by atoms with E-state index in [1.165, 1.54) is 36.5 Å². The van der Waals surface area contributed by atoms with Gasteiger partial charge in [0.25, 0.3) is 11.7 Å². The van der Waals surface area contributed by atoms with Crippen molar-refractivity contribution in [3.63, 3.8) is 0 Å². The van der Waals surface area contributed by atoms with Crippen molar-refractivity contribution in [2.24, 2.45) is 0 Å². The lowest BCUT2D eigenvalue weighted by Crippen LogP contribution is -2.14. The molecule has 1 heterocycles. The summed E-state index contributed by atoms with van der Waals surface area (Å²) in [6.07, 6.45) is 1.33. The van der Waals surface area contributed by atoms with Crippen LogP contribution in [0.25, 0.3) is 0 Å². The van der Waals surface area contributed by atoms with E-state index >= 15 is 0 Å². The fourth-order valence-electron chi connectivity index (χ4n) is 1.66. The first-order valence-corrected chi connectivity index (χ1v) is 6.82. The molecule has 0 saturated heterocycles. The van der Waals surface area contributed by atoms with Crippen molar-refractivity contribution in [2.45, 2.75) is 17.7 Å². The number of carbonyl (C=O) groups excluding carboxylic acids is 1. The lowest BCUT2D eigenvalue weighted by Gasteiger charge is -2.10. The first-order chi connectivity index (χ1) is 9.97. The van der Waals surface area contributed by atoms with E-state index in [0.29, 0.717) is 5.56 Å². The van der Waals surface area contributed by atoms with E-state index < -0.39 is 17.5 Å². The molecule has 1 N–H and O–H groups in total. The number of hydrogen-bond acceptors (Lipinski definition) is 3. The molecule has 3 nitrogen and oxygen atoms in total. The Morgan fingerprint density at radius 3 is 2.81 bits per heavy atom. The third kappa shape index (κ3) is 3.98. The number of aryl methyl sites for hydroxylation is 1. The Balaban J connectivity index is 2.26. The first kappa shape index (κ1) is 15.4. The van der Waals surface area contributed by atoms with Gasteiger partial charge in [0, 0.05) is 11.9 Å². The standard InChI is InChI=1S/C14H11F3N2OS/c1-8-4-5-9(15)7-11(8)19-12(20)10-3-2-6-18-13(10)21-14(16)17/h2-7,14H,1H3,(H,19,20). The van der Waals surface area contributed by atoms with Crippen molar-refractivity contribution in [1.82, 2.24) is 4.98 Å². The molecule has 1 aromatic heterocycles. The predicted molar refractivity (Wildman–Crippen MR) is 75.2 cm³/mol. The van der Waals surface area contributed by atoms with E-state index in [1.54, 1.807) is 6.92 Å². The van der Waals surface area contributed by atoms with Crippen LogP contribution in [0, 0.1) is 12.7 Å². The fraction of sp³-hybridized carbons (Fsp3) is 0.143. The van der Waals surface area contributed by atoms with Crippen LogP contribution in [0.4, 0.5) is 18.9 Å². The molecular formula is C14H11F3N2OS. The normalized spacial score (nSPS) is 10.7. The number of aromatic nitrogens is 1. The van der Waals surface area contributed by atoms with Crippen LogP contribution in [0.1, 0.15) is 15.9 Å². The zero-order chi connectivity index (χ0) is 15.4. The molecule has 0 atom stereocenters. The van der Waals surface area contributed by atoms with Crippen LogP contribution >= 0.6 is 11.8 Å². The summed E-state index contributed by atoms with van der Waals surface area (Å²) in [5.74, 6) is -3.79. The van der Waals surface area contributed by atoms with E-state index in [0.717, 1.165) is 0 Å². The Bertz CT molecular complexity index is 664. The van der Waals surface area contributed by atoms with Crippen molar-refractivity contribution in [1.29, 1.82) is 0 Å². The van der Waals surface area contributed by atoms with E-state index in [-0.39, 0.29) is 28.0 Å². The van der Waals surface area contributed by atoms with Gasteiger partial charge in [-0.2, -0.15) is 8.78 Å². The number of carbonyl (C=O) groups is 1. The lowest BCUT2D eigenvalue weighted by molar-refractivity contribution is 0.102. The molecule has 0 radical (unpaired) electrons. The van der Waals surface area contributed by atoms with Gasteiger partial charge in [0.05, 0.1) is 5.56 Å². The van der Waals surface area contributed by atoms with E-state index in [4.69, 9.17) is 0 Å². The van der Waals surface area contributed by atoms with E-state index in [9.17, 15) is 18.0 Å². The summed E-state index contributed by atoms with van der Waals surface area (Å²) in [5.41, 5.74) is 0.972. The van der Waals surface area contributed by atoms with Crippen molar-refractivity contribution in [2.75, 3.05) is 5.32 Å². The monoisotopic (exact) mass is 312 g/mol. The number of alkyl halides is 2. The molecule has 2 aromatic rings. The molecule has 0 aliphatic carbocycles. The number of rotatable bonds is 4. The molecule has 0 saturated carbocycles. The highest BCUT2D eigenvalue weighted by molar-refractivity contribution is 7.99. The van der Waals surface area contributed by atoms with Gasteiger partial charge in [0.1, 0.15) is 10.8 Å². The van der Waals surface area contributed by atoms with Crippen LogP contribution in [0.3, 0.4) is 0 Å². The van der Waals surface area contributed by atoms with Crippen LogP contribution < -0.4 is 5.32 Å². The second-order valence-electron chi connectivity index (χ2n) is 4.15. The summed E-state index contributed by atoms with van der Waals surface area (Å²) in [5, 5.41) is 2.43. The number of nitrogens with one attached hydrogen (secondary N) is 1. The second-order valence-corrected chi connectivity index (χ2v) is 5.13. The van der Waals surface area contributed by atoms with Crippen molar-refractivity contribution >= 4 is 23.4 Å². The summed E-state index contributed by atoms with van der Waals surface area (Å²) in [6.45, 7) is 1.70.